The number of carbonyl (C=O) groups is 2. The van der Waals surface area contributed by atoms with E-state index in [4.69, 9.17) is 26.2 Å². The second-order valence-electron chi connectivity index (χ2n) is 20.8. The predicted molar refractivity (Wildman–Crippen MR) is 251 cm³/mol. The van der Waals surface area contributed by atoms with Gasteiger partial charge in [0.05, 0.1) is 34.9 Å². The second-order valence-corrected chi connectivity index (χ2v) is 21.3. The highest BCUT2D eigenvalue weighted by Crippen LogP contribution is 2.57. The van der Waals surface area contributed by atoms with Crippen molar-refractivity contribution in [3.05, 3.63) is 93.7 Å². The van der Waals surface area contributed by atoms with Crippen LogP contribution in [-0.2, 0) is 31.2 Å². The third-order valence-electron chi connectivity index (χ3n) is 15.7. The van der Waals surface area contributed by atoms with E-state index in [0.29, 0.717) is 59.1 Å². The number of nitrogens with zero attached hydrogens (tertiary/aromatic N) is 9. The molecular formula is C51H57ClF2N10O4. The topological polar surface area (TPSA) is 156 Å². The van der Waals surface area contributed by atoms with E-state index in [2.05, 4.69) is 63.7 Å². The van der Waals surface area contributed by atoms with E-state index >= 15 is 0 Å². The first-order valence-electron chi connectivity index (χ1n) is 23.7. The van der Waals surface area contributed by atoms with Crippen molar-refractivity contribution >= 4 is 34.9 Å². The van der Waals surface area contributed by atoms with Gasteiger partial charge in [-0.05, 0) is 92.2 Å². The van der Waals surface area contributed by atoms with Gasteiger partial charge < -0.3 is 24.6 Å². The molecule has 17 heteroatoms. The Morgan fingerprint density at radius 1 is 0.985 bits per heavy atom. The summed E-state index contributed by atoms with van der Waals surface area (Å²) in [5.41, 5.74) is 5.09. The van der Waals surface area contributed by atoms with Crippen molar-refractivity contribution in [1.82, 2.24) is 39.7 Å². The van der Waals surface area contributed by atoms with Crippen LogP contribution < -0.4 is 19.7 Å². The Morgan fingerprint density at radius 2 is 1.72 bits per heavy atom. The van der Waals surface area contributed by atoms with Gasteiger partial charge in [-0.2, -0.15) is 15.5 Å². The van der Waals surface area contributed by atoms with E-state index in [0.717, 1.165) is 79.7 Å². The van der Waals surface area contributed by atoms with Gasteiger partial charge in [-0.3, -0.25) is 19.0 Å². The van der Waals surface area contributed by atoms with Crippen LogP contribution in [0.4, 0.5) is 20.3 Å². The fraction of sp³-hybridized carbons (Fsp3) is 0.510. The zero-order chi connectivity index (χ0) is 47.9. The summed E-state index contributed by atoms with van der Waals surface area (Å²) in [6.45, 7) is 11.5. The number of hydrogen-bond donors (Lipinski definition) is 1. The first-order valence-corrected chi connectivity index (χ1v) is 24.1. The lowest BCUT2D eigenvalue weighted by molar-refractivity contribution is -0.164. The van der Waals surface area contributed by atoms with Crippen molar-refractivity contribution < 1.29 is 27.8 Å². The molecule has 5 heterocycles. The number of benzene rings is 2. The molecule has 1 N–H and O–H groups in total. The fourth-order valence-electron chi connectivity index (χ4n) is 12.4. The average Bonchev–Trinajstić information content (AvgIpc) is 3.92. The van der Waals surface area contributed by atoms with Crippen LogP contribution in [0.1, 0.15) is 130 Å². The minimum Gasteiger partial charge on any atom is -0.489 e. The monoisotopic (exact) mass is 946 g/mol. The quantitative estimate of drug-likeness (QED) is 0.143. The normalized spacial score (nSPS) is 24.6. The molecule has 3 aromatic heterocycles. The summed E-state index contributed by atoms with van der Waals surface area (Å²) < 4.78 is 46.0. The molecule has 3 fully saturated rings. The molecule has 2 aromatic carbocycles. The molecule has 3 saturated carbocycles. The maximum atomic E-state index is 14.8. The molecule has 5 aliphatic rings. The van der Waals surface area contributed by atoms with Crippen LogP contribution in [0, 0.1) is 27.6 Å². The van der Waals surface area contributed by atoms with Crippen LogP contribution in [0.25, 0.3) is 11.1 Å². The number of anilines is 2. The number of carbonyl (C=O) groups excluding carboxylic acids is 2. The van der Waals surface area contributed by atoms with Crippen LogP contribution in [0.15, 0.2) is 55.1 Å². The van der Waals surface area contributed by atoms with Gasteiger partial charge in [0.15, 0.2) is 5.82 Å². The maximum Gasteiger partial charge on any atom is 0.316 e. The van der Waals surface area contributed by atoms with Gasteiger partial charge in [0.2, 0.25) is 5.91 Å². The van der Waals surface area contributed by atoms with Gasteiger partial charge in [-0.1, -0.05) is 39.3 Å². The molecule has 1 spiro atoms. The SMILES string of the molecule is CC(=O)N1CCc2c(c(N3CCCc4cc(-c5cnn(C)c5)c(C(F)F)cc43)nn2C2CCC3(CC2)CC(Oc2ncc(C(=O)NC4C(C)(C)C(Oc5ccc(C#N)c(Cl)c5)C4(C)C)cn2)C3)C1. The minimum absolute atomic E-state index is 0.00880. The Hall–Kier alpha value is -6.08. The molecule has 5 aromatic rings. The van der Waals surface area contributed by atoms with Crippen LogP contribution >= 0.6 is 11.6 Å². The summed E-state index contributed by atoms with van der Waals surface area (Å²) in [6.07, 6.45) is 11.5. The predicted octanol–water partition coefficient (Wildman–Crippen LogP) is 9.48. The molecule has 0 unspecified atom stereocenters. The van der Waals surface area contributed by atoms with Crippen LogP contribution in [0.5, 0.6) is 11.8 Å². The number of halogens is 3. The van der Waals surface area contributed by atoms with Gasteiger partial charge in [0.25, 0.3) is 12.3 Å². The molecule has 0 saturated heterocycles. The number of ether oxygens (including phenoxy) is 2. The molecule has 2 amide bonds. The van der Waals surface area contributed by atoms with Crippen LogP contribution in [-0.4, -0.2) is 77.6 Å². The van der Waals surface area contributed by atoms with Crippen LogP contribution in [0.2, 0.25) is 5.02 Å². The second kappa shape index (κ2) is 17.2. The van der Waals surface area contributed by atoms with E-state index in [1.807, 2.05) is 11.0 Å². The van der Waals surface area contributed by atoms with E-state index < -0.39 is 17.3 Å². The molecule has 2 aliphatic heterocycles. The smallest absolute Gasteiger partial charge is 0.316 e. The zero-order valence-corrected chi connectivity index (χ0v) is 40.1. The molecule has 356 valence electrons. The first kappa shape index (κ1) is 45.7. The average molecular weight is 948 g/mol. The molecular weight excluding hydrogens is 890 g/mol. The first-order chi connectivity index (χ1) is 32.4. The Morgan fingerprint density at radius 3 is 2.37 bits per heavy atom. The Labute approximate surface area is 400 Å². The zero-order valence-electron chi connectivity index (χ0n) is 39.4. The van der Waals surface area contributed by atoms with Crippen LogP contribution in [0.3, 0.4) is 0 Å². The maximum absolute atomic E-state index is 14.8. The van der Waals surface area contributed by atoms with E-state index in [-0.39, 0.29) is 53.1 Å². The van der Waals surface area contributed by atoms with Crippen molar-refractivity contribution in [3.63, 3.8) is 0 Å². The lowest BCUT2D eigenvalue weighted by Gasteiger charge is -2.63. The summed E-state index contributed by atoms with van der Waals surface area (Å²) >= 11 is 6.26. The van der Waals surface area contributed by atoms with Gasteiger partial charge in [0, 0.05) is 103 Å². The van der Waals surface area contributed by atoms with Crippen molar-refractivity contribution in [2.45, 2.75) is 130 Å². The van der Waals surface area contributed by atoms with Gasteiger partial charge in [0.1, 0.15) is 24.0 Å². The third-order valence-corrected chi connectivity index (χ3v) is 16.0. The van der Waals surface area contributed by atoms with Crippen molar-refractivity contribution in [1.29, 1.82) is 5.26 Å². The standard InChI is InChI=1S/C51H57ClF2N10O4/c1-29(65)62-17-13-41-39(28-62)44(63-16-7-8-30-18-37(33-26-58-61(6)27-33)38(43(53)54)20-42(30)63)60-64(41)34-11-14-51(15-12-34)21-36(22-51)68-48-56-24-32(25-57-48)45(66)59-46-49(2,3)47(50(46,4)5)67-35-10-9-31(23-55)40(52)19-35/h9-10,18-20,24-27,34,36,43,46-47H,7-8,11-17,21-22,28H2,1-6H3,(H,59,66). The Balaban J connectivity index is 0.776. The number of rotatable bonds is 10. The molecule has 0 bridgehead atoms. The molecule has 0 atom stereocenters. The summed E-state index contributed by atoms with van der Waals surface area (Å²) in [6, 6.07) is 10.9. The number of aryl methyl sites for hydroxylation is 2. The molecule has 3 aliphatic carbocycles. The Bertz CT molecular complexity index is 2800. The molecule has 68 heavy (non-hydrogen) atoms. The highest BCUT2D eigenvalue weighted by molar-refractivity contribution is 6.31. The van der Waals surface area contributed by atoms with E-state index in [1.165, 1.54) is 12.4 Å². The highest BCUT2D eigenvalue weighted by Gasteiger charge is 2.64. The number of aromatic nitrogens is 6. The molecule has 10 rings (SSSR count). The molecule has 14 nitrogen and oxygen atoms in total. The fourth-order valence-corrected chi connectivity index (χ4v) is 12.6. The van der Waals surface area contributed by atoms with E-state index in [9.17, 15) is 23.6 Å². The summed E-state index contributed by atoms with van der Waals surface area (Å²) in [5.74, 6) is 1.07. The summed E-state index contributed by atoms with van der Waals surface area (Å²) in [4.78, 5) is 39.0. The number of amides is 2. The van der Waals surface area contributed by atoms with Gasteiger partial charge in [-0.25, -0.2) is 18.7 Å². The van der Waals surface area contributed by atoms with Gasteiger partial charge in [-0.15, -0.1) is 0 Å². The minimum atomic E-state index is -2.67. The Kier molecular flexibility index (Phi) is 11.5. The van der Waals surface area contributed by atoms with Gasteiger partial charge >= 0.3 is 6.01 Å². The number of nitrogens with one attached hydrogen (secondary N) is 1. The number of alkyl halides is 2. The third kappa shape index (κ3) is 8.03. The number of hydrogen-bond acceptors (Lipinski definition) is 10. The summed E-state index contributed by atoms with van der Waals surface area (Å²) in [5, 5.41) is 22.4. The molecule has 0 radical (unpaired) electrons. The van der Waals surface area contributed by atoms with Crippen molar-refractivity contribution in [3.8, 4) is 29.0 Å². The van der Waals surface area contributed by atoms with Crippen molar-refractivity contribution in [2.24, 2.45) is 23.3 Å². The summed E-state index contributed by atoms with van der Waals surface area (Å²) in [7, 11) is 1.78. The lowest BCUT2D eigenvalue weighted by Crippen LogP contribution is -2.74. The number of nitriles is 1. The number of fused-ring (bicyclic) bond motifs is 2. The lowest BCUT2D eigenvalue weighted by atomic mass is 9.49. The van der Waals surface area contributed by atoms with Crippen molar-refractivity contribution in [2.75, 3.05) is 18.0 Å². The highest BCUT2D eigenvalue weighted by atomic mass is 35.5. The van der Waals surface area contributed by atoms with E-state index in [1.54, 1.807) is 55.3 Å². The largest absolute Gasteiger partial charge is 0.489 e.